The van der Waals surface area contributed by atoms with E-state index in [0.29, 0.717) is 5.75 Å². The van der Waals surface area contributed by atoms with Crippen molar-refractivity contribution in [2.75, 3.05) is 19.1 Å². The van der Waals surface area contributed by atoms with Crippen LogP contribution in [0, 0.1) is 28.6 Å². The fraction of sp³-hybridized carbons (Fsp3) is 0.500. The lowest BCUT2D eigenvalue weighted by atomic mass is 9.75. The summed E-state index contributed by atoms with van der Waals surface area (Å²) in [6.45, 7) is 1.48. The van der Waals surface area contributed by atoms with Gasteiger partial charge in [-0.25, -0.2) is 4.79 Å². The molecule has 0 spiro atoms. The molecule has 0 unspecified atom stereocenters. The minimum atomic E-state index is -1.95. The normalized spacial score (nSPS) is 34.4. The summed E-state index contributed by atoms with van der Waals surface area (Å²) in [5, 5.41) is 37.8. The SMILES string of the molecule is COC(=O)NC1=C2/C(=C\CSSSC)[C@](O)(C#C/C=C\C#C[C@@H]2O[C@@H]2O[C@H](C)[C@@H](N=O)[C@H](O)[C@H]2O)CC1=O. The van der Waals surface area contributed by atoms with E-state index in [9.17, 15) is 29.8 Å². The summed E-state index contributed by atoms with van der Waals surface area (Å²) in [5.41, 5.74) is -2.01. The summed E-state index contributed by atoms with van der Waals surface area (Å²) < 4.78 is 16.3. The standard InChI is InChI=1S/C24H26N2O9S3/c1-13-18(26-32)20(28)21(29)22(34-13)35-16-8-6-4-5-7-10-24(31)12-15(27)19(25-23(30)33-2)17(16)14(24)9-11-37-38-36-3/h4-5,9,13,16,18,20-22,28-29,31H,11-12H2,1-3H3,(H,25,30)/b5-4-,14-9+/t13-,16+,18-,20+,21-,22+,24+/m1/s1. The monoisotopic (exact) mass is 582 g/mol. The zero-order chi connectivity index (χ0) is 27.9. The van der Waals surface area contributed by atoms with Gasteiger partial charge >= 0.3 is 6.09 Å². The molecule has 3 rings (SSSR count). The van der Waals surface area contributed by atoms with E-state index in [1.54, 1.807) is 6.08 Å². The number of ketones is 1. The van der Waals surface area contributed by atoms with E-state index in [1.807, 2.05) is 6.26 Å². The number of nitrogens with one attached hydrogen (secondary N) is 1. The highest BCUT2D eigenvalue weighted by molar-refractivity contribution is 9.09. The molecule has 2 bridgehead atoms. The number of ether oxygens (including phenoxy) is 3. The number of allylic oxidation sites excluding steroid dienone is 3. The number of Topliss-reactive ketones (excluding diaryl/α,β-unsaturated/α-hetero) is 1. The zero-order valence-corrected chi connectivity index (χ0v) is 23.0. The van der Waals surface area contributed by atoms with Crippen LogP contribution in [0.25, 0.3) is 0 Å². The number of carbonyl (C=O) groups excluding carboxylic acids is 2. The Labute approximate surface area is 231 Å². The molecule has 4 N–H and O–H groups in total. The van der Waals surface area contributed by atoms with E-state index in [0.717, 1.165) is 7.11 Å². The molecule has 0 aromatic rings. The molecule has 3 aliphatic rings. The summed E-state index contributed by atoms with van der Waals surface area (Å²) in [6, 6.07) is -1.24. The highest BCUT2D eigenvalue weighted by atomic mass is 33.5. The van der Waals surface area contributed by atoms with E-state index in [-0.39, 0.29) is 16.8 Å². The van der Waals surface area contributed by atoms with Crippen molar-refractivity contribution in [1.82, 2.24) is 5.32 Å². The Balaban J connectivity index is 2.17. The van der Waals surface area contributed by atoms with Crippen LogP contribution in [-0.2, 0) is 19.0 Å². The van der Waals surface area contributed by atoms with Crippen LogP contribution in [0.2, 0.25) is 0 Å². The third-order valence-corrected chi connectivity index (χ3v) is 9.52. The molecule has 1 fully saturated rings. The lowest BCUT2D eigenvalue weighted by molar-refractivity contribution is -0.273. The average molecular weight is 583 g/mol. The molecule has 7 atom stereocenters. The number of alkyl carbamates (subject to hydrolysis) is 1. The predicted molar refractivity (Wildman–Crippen MR) is 144 cm³/mol. The Morgan fingerprint density at radius 2 is 2.08 bits per heavy atom. The lowest BCUT2D eigenvalue weighted by Crippen LogP contribution is -2.57. The number of rotatable bonds is 8. The van der Waals surface area contributed by atoms with Gasteiger partial charge in [-0.2, -0.15) is 4.91 Å². The van der Waals surface area contributed by atoms with Gasteiger partial charge in [-0.15, -0.1) is 0 Å². The maximum Gasteiger partial charge on any atom is 0.411 e. The highest BCUT2D eigenvalue weighted by Crippen LogP contribution is 2.40. The first-order valence-corrected chi connectivity index (χ1v) is 15.3. The van der Waals surface area contributed by atoms with Crippen LogP contribution >= 0.6 is 31.4 Å². The number of fused-ring (bicyclic) bond motifs is 2. The third kappa shape index (κ3) is 6.83. The van der Waals surface area contributed by atoms with Gasteiger partial charge in [0.2, 0.25) is 0 Å². The second-order valence-electron chi connectivity index (χ2n) is 8.20. The second-order valence-corrected chi connectivity index (χ2v) is 12.6. The van der Waals surface area contributed by atoms with Crippen LogP contribution in [0.1, 0.15) is 13.3 Å². The van der Waals surface area contributed by atoms with Crippen molar-refractivity contribution in [3.63, 3.8) is 0 Å². The number of amides is 1. The molecule has 1 saturated heterocycles. The number of carbonyl (C=O) groups is 2. The summed E-state index contributed by atoms with van der Waals surface area (Å²) in [5.74, 6) is 10.7. The van der Waals surface area contributed by atoms with E-state index < -0.39 is 60.6 Å². The van der Waals surface area contributed by atoms with Gasteiger partial charge in [0.1, 0.15) is 24.4 Å². The summed E-state index contributed by atoms with van der Waals surface area (Å²) in [4.78, 5) is 36.6. The van der Waals surface area contributed by atoms with Gasteiger partial charge < -0.3 is 29.5 Å². The summed E-state index contributed by atoms with van der Waals surface area (Å²) >= 11 is 0. The van der Waals surface area contributed by atoms with Crippen molar-refractivity contribution < 1.29 is 39.1 Å². The first kappa shape index (κ1) is 30.3. The highest BCUT2D eigenvalue weighted by Gasteiger charge is 2.48. The third-order valence-electron chi connectivity index (χ3n) is 5.79. The van der Waals surface area contributed by atoms with Crippen molar-refractivity contribution in [3.8, 4) is 23.7 Å². The smallest absolute Gasteiger partial charge is 0.411 e. The van der Waals surface area contributed by atoms with Gasteiger partial charge in [0.25, 0.3) is 0 Å². The van der Waals surface area contributed by atoms with Crippen molar-refractivity contribution in [2.24, 2.45) is 5.18 Å². The number of nitrogens with zero attached hydrogens (tertiary/aromatic N) is 1. The van der Waals surface area contributed by atoms with Gasteiger partial charge in [0.05, 0.1) is 25.3 Å². The van der Waals surface area contributed by atoms with Crippen molar-refractivity contribution in [2.45, 2.75) is 55.7 Å². The molecule has 14 heteroatoms. The van der Waals surface area contributed by atoms with Crippen LogP contribution in [0.4, 0.5) is 4.79 Å². The predicted octanol–water partition coefficient (Wildman–Crippen LogP) is 1.45. The number of methoxy groups -OCH3 is 1. The fourth-order valence-electron chi connectivity index (χ4n) is 4.02. The van der Waals surface area contributed by atoms with E-state index in [2.05, 4.69) is 38.9 Å². The quantitative estimate of drug-likeness (QED) is 0.141. The fourth-order valence-corrected chi connectivity index (χ4v) is 6.43. The van der Waals surface area contributed by atoms with Crippen LogP contribution < -0.4 is 5.32 Å². The maximum absolute atomic E-state index is 13.3. The summed E-state index contributed by atoms with van der Waals surface area (Å²) in [7, 11) is 5.62. The van der Waals surface area contributed by atoms with Crippen molar-refractivity contribution in [1.29, 1.82) is 0 Å². The van der Waals surface area contributed by atoms with Gasteiger partial charge in [0, 0.05) is 16.9 Å². The van der Waals surface area contributed by atoms with Gasteiger partial charge in [-0.05, 0) is 35.2 Å². The second kappa shape index (κ2) is 13.7. The van der Waals surface area contributed by atoms with Gasteiger partial charge in [-0.1, -0.05) is 56.5 Å². The van der Waals surface area contributed by atoms with Gasteiger partial charge in [0.15, 0.2) is 17.7 Å². The topological polar surface area (TPSA) is 164 Å². The lowest BCUT2D eigenvalue weighted by Gasteiger charge is -2.41. The Bertz CT molecular complexity index is 1170. The molecule has 0 radical (unpaired) electrons. The van der Waals surface area contributed by atoms with E-state index in [1.165, 1.54) is 50.5 Å². The molecule has 204 valence electrons. The first-order valence-electron chi connectivity index (χ1n) is 11.2. The Kier molecular flexibility index (Phi) is 10.9. The first-order chi connectivity index (χ1) is 18.2. The number of nitroso groups, excluding NO2 is 1. The van der Waals surface area contributed by atoms with Crippen molar-refractivity contribution >= 4 is 43.3 Å². The zero-order valence-electron chi connectivity index (χ0n) is 20.6. The van der Waals surface area contributed by atoms with E-state index in [4.69, 9.17) is 9.47 Å². The molecule has 0 saturated carbocycles. The summed E-state index contributed by atoms with van der Waals surface area (Å²) in [6.07, 6.45) is -2.12. The molecule has 1 aliphatic heterocycles. The Morgan fingerprint density at radius 1 is 1.34 bits per heavy atom. The molecule has 38 heavy (non-hydrogen) atoms. The number of hydrogen-bond donors (Lipinski definition) is 4. The minimum absolute atomic E-state index is 0.00502. The maximum atomic E-state index is 13.3. The molecular formula is C24H26N2O9S3. The molecule has 1 heterocycles. The Hall–Kier alpha value is -2.27. The molecular weight excluding hydrogens is 556 g/mol. The Morgan fingerprint density at radius 3 is 2.76 bits per heavy atom. The minimum Gasteiger partial charge on any atom is -0.453 e. The van der Waals surface area contributed by atoms with Gasteiger partial charge in [-0.3, -0.25) is 10.1 Å². The molecule has 0 aromatic heterocycles. The van der Waals surface area contributed by atoms with E-state index >= 15 is 0 Å². The van der Waals surface area contributed by atoms with Crippen molar-refractivity contribution in [3.05, 3.63) is 40.0 Å². The van der Waals surface area contributed by atoms with Crippen LogP contribution in [-0.4, -0.2) is 88.7 Å². The van der Waals surface area contributed by atoms with Crippen LogP contribution in [0.15, 0.2) is 40.2 Å². The van der Waals surface area contributed by atoms with Crippen LogP contribution in [0.5, 0.6) is 0 Å². The molecule has 11 nitrogen and oxygen atoms in total. The number of aliphatic hydroxyl groups is 3. The molecule has 0 aromatic carbocycles. The number of aliphatic hydroxyl groups excluding tert-OH is 2. The largest absolute Gasteiger partial charge is 0.453 e. The van der Waals surface area contributed by atoms with Crippen LogP contribution in [0.3, 0.4) is 0 Å². The average Bonchev–Trinajstić information content (AvgIpc) is 2.88. The molecule has 2 aliphatic carbocycles. The number of hydrogen-bond acceptors (Lipinski definition) is 13. The molecule has 1 amide bonds.